The molecule has 0 spiro atoms. The third-order valence-corrected chi connectivity index (χ3v) is 2.20. The molecule has 88 valence electrons. The fourth-order valence-corrected chi connectivity index (χ4v) is 1.51. The second-order valence-electron chi connectivity index (χ2n) is 3.52. The predicted molar refractivity (Wildman–Crippen MR) is 59.9 cm³/mol. The molecule has 1 saturated heterocycles. The molecule has 1 heterocycles. The molecule has 0 aromatic heterocycles. The standard InChI is InChI=1S/C9H17N3O2.ClH/c1-8(13)11-9(14)10-7-12-5-3-2-4-6-12;/h2-7H2,1H3,(H2,10,11,13,14);1H. The number of urea groups is 1. The summed E-state index contributed by atoms with van der Waals surface area (Å²) in [7, 11) is 0. The summed E-state index contributed by atoms with van der Waals surface area (Å²) in [5, 5.41) is 4.81. The SMILES string of the molecule is CC(=O)NC(=O)NCN1CCCCC1.Cl. The average Bonchev–Trinajstić information content (AvgIpc) is 2.15. The number of amides is 3. The van der Waals surface area contributed by atoms with Gasteiger partial charge in [-0.2, -0.15) is 0 Å². The normalized spacial score (nSPS) is 16.3. The van der Waals surface area contributed by atoms with Crippen LogP contribution in [-0.4, -0.2) is 36.6 Å². The van der Waals surface area contributed by atoms with Gasteiger partial charge in [0.2, 0.25) is 5.91 Å². The van der Waals surface area contributed by atoms with E-state index in [9.17, 15) is 9.59 Å². The number of nitrogens with one attached hydrogen (secondary N) is 2. The summed E-state index contributed by atoms with van der Waals surface area (Å²) in [6.45, 7) is 3.90. The molecule has 0 unspecified atom stereocenters. The number of hydrogen-bond donors (Lipinski definition) is 2. The highest BCUT2D eigenvalue weighted by Gasteiger charge is 2.10. The fourth-order valence-electron chi connectivity index (χ4n) is 1.51. The number of likely N-dealkylation sites (tertiary alicyclic amines) is 1. The number of imide groups is 1. The van der Waals surface area contributed by atoms with Crippen LogP contribution in [0.4, 0.5) is 4.79 Å². The summed E-state index contributed by atoms with van der Waals surface area (Å²) < 4.78 is 0. The van der Waals surface area contributed by atoms with Crippen LogP contribution in [0.15, 0.2) is 0 Å². The predicted octanol–water partition coefficient (Wildman–Crippen LogP) is 0.697. The Kier molecular flexibility index (Phi) is 7.07. The van der Waals surface area contributed by atoms with E-state index in [1.807, 2.05) is 0 Å². The van der Waals surface area contributed by atoms with Gasteiger partial charge in [-0.05, 0) is 25.9 Å². The van der Waals surface area contributed by atoms with Crippen molar-refractivity contribution >= 4 is 24.3 Å². The Bertz CT molecular complexity index is 217. The highest BCUT2D eigenvalue weighted by Crippen LogP contribution is 2.06. The molecule has 3 amide bonds. The lowest BCUT2D eigenvalue weighted by Gasteiger charge is -2.26. The molecule has 5 nitrogen and oxygen atoms in total. The van der Waals surface area contributed by atoms with Gasteiger partial charge in [0.15, 0.2) is 0 Å². The number of nitrogens with zero attached hydrogens (tertiary/aromatic N) is 1. The lowest BCUT2D eigenvalue weighted by Crippen LogP contribution is -2.45. The molecule has 0 aliphatic carbocycles. The van der Waals surface area contributed by atoms with Gasteiger partial charge >= 0.3 is 6.03 Å². The zero-order valence-electron chi connectivity index (χ0n) is 8.91. The second kappa shape index (κ2) is 7.48. The van der Waals surface area contributed by atoms with Crippen LogP contribution < -0.4 is 10.6 Å². The molecule has 1 rings (SSSR count). The zero-order chi connectivity index (χ0) is 10.4. The van der Waals surface area contributed by atoms with Gasteiger partial charge in [-0.25, -0.2) is 4.79 Å². The molecular formula is C9H18ClN3O2. The quantitative estimate of drug-likeness (QED) is 0.741. The van der Waals surface area contributed by atoms with E-state index < -0.39 is 6.03 Å². The monoisotopic (exact) mass is 235 g/mol. The van der Waals surface area contributed by atoms with Gasteiger partial charge in [-0.3, -0.25) is 15.0 Å². The molecule has 1 fully saturated rings. The van der Waals surface area contributed by atoms with Crippen LogP contribution in [0.25, 0.3) is 0 Å². The van der Waals surface area contributed by atoms with Crippen molar-refractivity contribution in [3.8, 4) is 0 Å². The Hall–Kier alpha value is -0.810. The van der Waals surface area contributed by atoms with Gasteiger partial charge in [0, 0.05) is 6.92 Å². The molecule has 0 aromatic carbocycles. The summed E-state index contributed by atoms with van der Waals surface area (Å²) in [5.41, 5.74) is 0. The summed E-state index contributed by atoms with van der Waals surface area (Å²) in [4.78, 5) is 23.7. The van der Waals surface area contributed by atoms with Crippen LogP contribution in [0.1, 0.15) is 26.2 Å². The van der Waals surface area contributed by atoms with Crippen molar-refractivity contribution in [2.75, 3.05) is 19.8 Å². The van der Waals surface area contributed by atoms with Crippen LogP contribution >= 0.6 is 12.4 Å². The maximum atomic E-state index is 11.0. The highest BCUT2D eigenvalue weighted by molar-refractivity contribution is 5.92. The van der Waals surface area contributed by atoms with Gasteiger partial charge in [0.05, 0.1) is 6.67 Å². The Morgan fingerprint density at radius 2 is 1.80 bits per heavy atom. The van der Waals surface area contributed by atoms with Crippen LogP contribution in [-0.2, 0) is 4.79 Å². The third kappa shape index (κ3) is 6.30. The molecule has 0 atom stereocenters. The number of rotatable bonds is 2. The van der Waals surface area contributed by atoms with Crippen LogP contribution in [0.2, 0.25) is 0 Å². The molecule has 0 aromatic rings. The first-order valence-electron chi connectivity index (χ1n) is 4.96. The topological polar surface area (TPSA) is 61.4 Å². The van der Waals surface area contributed by atoms with Crippen LogP contribution in [0.5, 0.6) is 0 Å². The number of carbonyl (C=O) groups excluding carboxylic acids is 2. The van der Waals surface area contributed by atoms with E-state index in [-0.39, 0.29) is 18.3 Å². The number of hydrogen-bond acceptors (Lipinski definition) is 3. The maximum Gasteiger partial charge on any atom is 0.322 e. The van der Waals surface area contributed by atoms with E-state index in [0.29, 0.717) is 6.67 Å². The minimum absolute atomic E-state index is 0. The highest BCUT2D eigenvalue weighted by atomic mass is 35.5. The number of piperidine rings is 1. The Balaban J connectivity index is 0.00000196. The summed E-state index contributed by atoms with van der Waals surface area (Å²) in [5.74, 6) is -0.332. The third-order valence-electron chi connectivity index (χ3n) is 2.20. The van der Waals surface area contributed by atoms with Crippen molar-refractivity contribution in [2.24, 2.45) is 0 Å². The van der Waals surface area contributed by atoms with Gasteiger partial charge < -0.3 is 5.32 Å². The summed E-state index contributed by atoms with van der Waals surface area (Å²) >= 11 is 0. The first-order chi connectivity index (χ1) is 6.68. The van der Waals surface area contributed by atoms with Crippen molar-refractivity contribution in [1.82, 2.24) is 15.5 Å². The van der Waals surface area contributed by atoms with E-state index in [1.165, 1.54) is 26.2 Å². The van der Waals surface area contributed by atoms with Gasteiger partial charge in [0.25, 0.3) is 0 Å². The molecule has 2 N–H and O–H groups in total. The Morgan fingerprint density at radius 3 is 2.33 bits per heavy atom. The molecule has 6 heteroatoms. The van der Waals surface area contributed by atoms with Crippen molar-refractivity contribution in [3.63, 3.8) is 0 Å². The van der Waals surface area contributed by atoms with Crippen molar-refractivity contribution in [2.45, 2.75) is 26.2 Å². The smallest absolute Gasteiger partial charge is 0.322 e. The van der Waals surface area contributed by atoms with Crippen molar-refractivity contribution in [1.29, 1.82) is 0 Å². The van der Waals surface area contributed by atoms with Crippen LogP contribution in [0, 0.1) is 0 Å². The fraction of sp³-hybridized carbons (Fsp3) is 0.778. The van der Waals surface area contributed by atoms with Crippen molar-refractivity contribution in [3.05, 3.63) is 0 Å². The minimum Gasteiger partial charge on any atom is -0.325 e. The first kappa shape index (κ1) is 14.2. The summed E-state index contributed by atoms with van der Waals surface area (Å²) in [6.07, 6.45) is 3.65. The molecular weight excluding hydrogens is 218 g/mol. The lowest BCUT2D eigenvalue weighted by molar-refractivity contribution is -0.117. The molecule has 1 aliphatic heterocycles. The molecule has 0 saturated carbocycles. The average molecular weight is 236 g/mol. The van der Waals surface area contributed by atoms with E-state index in [0.717, 1.165) is 13.1 Å². The largest absolute Gasteiger partial charge is 0.325 e. The minimum atomic E-state index is -0.414. The van der Waals surface area contributed by atoms with E-state index >= 15 is 0 Å². The van der Waals surface area contributed by atoms with Crippen LogP contribution in [0.3, 0.4) is 0 Å². The number of halogens is 1. The Morgan fingerprint density at radius 1 is 1.20 bits per heavy atom. The molecule has 0 bridgehead atoms. The zero-order valence-corrected chi connectivity index (χ0v) is 9.73. The summed E-state index contributed by atoms with van der Waals surface area (Å²) in [6, 6.07) is -0.414. The molecule has 15 heavy (non-hydrogen) atoms. The van der Waals surface area contributed by atoms with E-state index in [4.69, 9.17) is 0 Å². The molecule has 0 radical (unpaired) electrons. The van der Waals surface area contributed by atoms with Gasteiger partial charge in [-0.15, -0.1) is 12.4 Å². The number of carbonyl (C=O) groups is 2. The van der Waals surface area contributed by atoms with Gasteiger partial charge in [-0.1, -0.05) is 6.42 Å². The molecule has 1 aliphatic rings. The van der Waals surface area contributed by atoms with E-state index in [2.05, 4.69) is 15.5 Å². The second-order valence-corrected chi connectivity index (χ2v) is 3.52. The first-order valence-corrected chi connectivity index (χ1v) is 4.96. The van der Waals surface area contributed by atoms with E-state index in [1.54, 1.807) is 0 Å². The Labute approximate surface area is 96.0 Å². The van der Waals surface area contributed by atoms with Gasteiger partial charge in [0.1, 0.15) is 0 Å². The lowest BCUT2D eigenvalue weighted by atomic mass is 10.1. The maximum absolute atomic E-state index is 11.0. The van der Waals surface area contributed by atoms with Crippen molar-refractivity contribution < 1.29 is 9.59 Å².